The summed E-state index contributed by atoms with van der Waals surface area (Å²) in [5.74, 6) is 1.70. The highest BCUT2D eigenvalue weighted by atomic mass is 15.1. The third kappa shape index (κ3) is 4.35. The number of nitrogens with one attached hydrogen (secondary N) is 1. The van der Waals surface area contributed by atoms with E-state index in [0.717, 1.165) is 19.6 Å². The van der Waals surface area contributed by atoms with Crippen molar-refractivity contribution in [3.63, 3.8) is 0 Å². The van der Waals surface area contributed by atoms with E-state index < -0.39 is 0 Å². The maximum Gasteiger partial charge on any atom is 0.111 e. The van der Waals surface area contributed by atoms with Gasteiger partial charge in [-0.15, -0.1) is 0 Å². The molecule has 0 spiro atoms. The minimum absolute atomic E-state index is 0.509. The highest BCUT2D eigenvalue weighted by molar-refractivity contribution is 4.97. The second-order valence-corrected chi connectivity index (χ2v) is 4.59. The van der Waals surface area contributed by atoms with Gasteiger partial charge in [0.05, 0.1) is 0 Å². The first-order chi connectivity index (χ1) is 7.75. The molecule has 0 aliphatic carbocycles. The third-order valence-electron chi connectivity index (χ3n) is 2.75. The van der Waals surface area contributed by atoms with Gasteiger partial charge >= 0.3 is 0 Å². The lowest BCUT2D eigenvalue weighted by molar-refractivity contribution is 0.548. The van der Waals surface area contributed by atoms with Crippen molar-refractivity contribution in [2.45, 2.75) is 52.5 Å². The average molecular weight is 223 g/mol. The molecular formula is C13H25N3. The first-order valence-corrected chi connectivity index (χ1v) is 6.47. The van der Waals surface area contributed by atoms with Gasteiger partial charge in [0.25, 0.3) is 0 Å². The van der Waals surface area contributed by atoms with Crippen LogP contribution in [0.2, 0.25) is 0 Å². The van der Waals surface area contributed by atoms with Crippen LogP contribution >= 0.6 is 0 Å². The van der Waals surface area contributed by atoms with Crippen molar-refractivity contribution in [3.8, 4) is 0 Å². The Morgan fingerprint density at radius 3 is 2.81 bits per heavy atom. The lowest BCUT2D eigenvalue weighted by Crippen LogP contribution is -2.21. The van der Waals surface area contributed by atoms with E-state index in [1.807, 2.05) is 6.20 Å². The fourth-order valence-electron chi connectivity index (χ4n) is 1.84. The number of unbranched alkanes of at least 4 members (excludes halogenated alkanes) is 2. The van der Waals surface area contributed by atoms with Crippen molar-refractivity contribution < 1.29 is 0 Å². The van der Waals surface area contributed by atoms with E-state index in [1.54, 1.807) is 0 Å². The zero-order valence-corrected chi connectivity index (χ0v) is 10.9. The number of aromatic nitrogens is 2. The summed E-state index contributed by atoms with van der Waals surface area (Å²) in [5.41, 5.74) is 0. The van der Waals surface area contributed by atoms with Crippen molar-refractivity contribution in [2.24, 2.45) is 0 Å². The minimum Gasteiger partial charge on any atom is -0.333 e. The summed E-state index contributed by atoms with van der Waals surface area (Å²) in [6.07, 6.45) is 7.88. The second kappa shape index (κ2) is 7.44. The van der Waals surface area contributed by atoms with Crippen LogP contribution in [0.4, 0.5) is 0 Å². The molecule has 0 saturated carbocycles. The van der Waals surface area contributed by atoms with E-state index in [1.165, 1.54) is 25.1 Å². The first-order valence-electron chi connectivity index (χ1n) is 6.47. The van der Waals surface area contributed by atoms with Crippen LogP contribution in [0.15, 0.2) is 12.4 Å². The van der Waals surface area contributed by atoms with Crippen molar-refractivity contribution in [1.82, 2.24) is 14.9 Å². The number of hydrogen-bond donors (Lipinski definition) is 1. The molecule has 0 fully saturated rings. The smallest absolute Gasteiger partial charge is 0.111 e. The van der Waals surface area contributed by atoms with E-state index in [0.29, 0.717) is 5.92 Å². The van der Waals surface area contributed by atoms with Crippen LogP contribution in [0.3, 0.4) is 0 Å². The van der Waals surface area contributed by atoms with Crippen molar-refractivity contribution >= 4 is 0 Å². The van der Waals surface area contributed by atoms with Gasteiger partial charge in [-0.1, -0.05) is 33.6 Å². The van der Waals surface area contributed by atoms with Gasteiger partial charge in [-0.3, -0.25) is 0 Å². The Hall–Kier alpha value is -0.830. The van der Waals surface area contributed by atoms with E-state index in [2.05, 4.69) is 41.8 Å². The molecule has 0 atom stereocenters. The lowest BCUT2D eigenvalue weighted by Gasteiger charge is -2.10. The van der Waals surface area contributed by atoms with Crippen LogP contribution < -0.4 is 5.32 Å². The minimum atomic E-state index is 0.509. The molecule has 3 nitrogen and oxygen atoms in total. The van der Waals surface area contributed by atoms with Gasteiger partial charge in [0.15, 0.2) is 0 Å². The van der Waals surface area contributed by atoms with Crippen molar-refractivity contribution in [3.05, 3.63) is 18.2 Å². The molecule has 1 heterocycles. The second-order valence-electron chi connectivity index (χ2n) is 4.59. The lowest BCUT2D eigenvalue weighted by atomic mass is 10.2. The molecule has 16 heavy (non-hydrogen) atoms. The molecule has 0 unspecified atom stereocenters. The van der Waals surface area contributed by atoms with E-state index in [9.17, 15) is 0 Å². The monoisotopic (exact) mass is 223 g/mol. The highest BCUT2D eigenvalue weighted by Gasteiger charge is 2.05. The third-order valence-corrected chi connectivity index (χ3v) is 2.75. The molecule has 3 heteroatoms. The number of rotatable bonds is 8. The maximum atomic E-state index is 4.38. The summed E-state index contributed by atoms with van der Waals surface area (Å²) < 4.78 is 2.25. The van der Waals surface area contributed by atoms with Gasteiger partial charge in [-0.25, -0.2) is 4.98 Å². The predicted octanol–water partition coefficient (Wildman–Crippen LogP) is 2.79. The quantitative estimate of drug-likeness (QED) is 0.687. The fraction of sp³-hybridized carbons (Fsp3) is 0.769. The Morgan fingerprint density at radius 2 is 2.12 bits per heavy atom. The maximum absolute atomic E-state index is 4.38. The van der Waals surface area contributed by atoms with E-state index in [-0.39, 0.29) is 0 Å². The Labute approximate surface area is 99.3 Å². The molecule has 0 aromatic carbocycles. The van der Waals surface area contributed by atoms with Crippen LogP contribution in [-0.2, 0) is 6.54 Å². The SMILES string of the molecule is CCCCCNCCn1ccnc1C(C)C. The van der Waals surface area contributed by atoms with Crippen LogP contribution in [-0.4, -0.2) is 22.6 Å². The van der Waals surface area contributed by atoms with Gasteiger partial charge in [0, 0.05) is 31.4 Å². The Balaban J connectivity index is 2.19. The van der Waals surface area contributed by atoms with Crippen LogP contribution in [0.5, 0.6) is 0 Å². The van der Waals surface area contributed by atoms with Gasteiger partial charge < -0.3 is 9.88 Å². The zero-order valence-electron chi connectivity index (χ0n) is 10.9. The van der Waals surface area contributed by atoms with Crippen molar-refractivity contribution in [2.75, 3.05) is 13.1 Å². The normalized spacial score (nSPS) is 11.2. The average Bonchev–Trinajstić information content (AvgIpc) is 2.71. The number of nitrogens with zero attached hydrogens (tertiary/aromatic N) is 2. The Kier molecular flexibility index (Phi) is 6.16. The molecule has 1 N–H and O–H groups in total. The van der Waals surface area contributed by atoms with Gasteiger partial charge in [0.2, 0.25) is 0 Å². The molecule has 0 aliphatic rings. The van der Waals surface area contributed by atoms with E-state index in [4.69, 9.17) is 0 Å². The molecule has 1 aromatic rings. The predicted molar refractivity (Wildman–Crippen MR) is 68.7 cm³/mol. The summed E-state index contributed by atoms with van der Waals surface area (Å²) in [7, 11) is 0. The molecular weight excluding hydrogens is 198 g/mol. The summed E-state index contributed by atoms with van der Waals surface area (Å²) in [4.78, 5) is 4.38. The van der Waals surface area contributed by atoms with Crippen LogP contribution in [0.25, 0.3) is 0 Å². The molecule has 1 rings (SSSR count). The first kappa shape index (κ1) is 13.2. The molecule has 0 bridgehead atoms. The summed E-state index contributed by atoms with van der Waals surface area (Å²) >= 11 is 0. The molecule has 0 amide bonds. The standard InChI is InChI=1S/C13H25N3/c1-4-5-6-7-14-8-10-16-11-9-15-13(16)12(2)3/h9,11-12,14H,4-8,10H2,1-3H3. The summed E-state index contributed by atoms with van der Waals surface area (Å²) in [6, 6.07) is 0. The molecule has 0 aliphatic heterocycles. The topological polar surface area (TPSA) is 29.9 Å². The molecule has 0 saturated heterocycles. The fourth-order valence-corrected chi connectivity index (χ4v) is 1.84. The molecule has 1 aromatic heterocycles. The summed E-state index contributed by atoms with van der Waals surface area (Å²) in [5, 5.41) is 3.48. The Morgan fingerprint density at radius 1 is 1.31 bits per heavy atom. The number of hydrogen-bond acceptors (Lipinski definition) is 2. The molecule has 92 valence electrons. The van der Waals surface area contributed by atoms with Crippen molar-refractivity contribution in [1.29, 1.82) is 0 Å². The van der Waals surface area contributed by atoms with E-state index >= 15 is 0 Å². The van der Waals surface area contributed by atoms with Crippen LogP contribution in [0.1, 0.15) is 51.8 Å². The molecule has 0 radical (unpaired) electrons. The highest BCUT2D eigenvalue weighted by Crippen LogP contribution is 2.10. The van der Waals surface area contributed by atoms with Gasteiger partial charge in [-0.05, 0) is 13.0 Å². The zero-order chi connectivity index (χ0) is 11.8. The number of imidazole rings is 1. The Bertz CT molecular complexity index is 278. The largest absolute Gasteiger partial charge is 0.333 e. The van der Waals surface area contributed by atoms with Gasteiger partial charge in [0.1, 0.15) is 5.82 Å². The van der Waals surface area contributed by atoms with Crippen LogP contribution in [0, 0.1) is 0 Å². The summed E-state index contributed by atoms with van der Waals surface area (Å²) in [6.45, 7) is 9.82. The van der Waals surface area contributed by atoms with Gasteiger partial charge in [-0.2, -0.15) is 0 Å².